The van der Waals surface area contributed by atoms with Gasteiger partial charge in [0.1, 0.15) is 5.82 Å². The van der Waals surface area contributed by atoms with Crippen LogP contribution in [0, 0.1) is 17.1 Å². The molecule has 0 saturated carbocycles. The minimum Gasteiger partial charge on any atom is -0.330 e. The van der Waals surface area contributed by atoms with Crippen molar-refractivity contribution in [1.29, 1.82) is 5.26 Å². The summed E-state index contributed by atoms with van der Waals surface area (Å²) in [4.78, 5) is 0. The number of nitrogens with zero attached hydrogens (tertiary/aromatic N) is 1. The topological polar surface area (TPSA) is 49.8 Å². The second-order valence-electron chi connectivity index (χ2n) is 3.17. The molecule has 2 N–H and O–H groups in total. The molecule has 0 aliphatic rings. The molecule has 1 aromatic carbocycles. The average Bonchev–Trinajstić information content (AvgIpc) is 2.23. The summed E-state index contributed by atoms with van der Waals surface area (Å²) >= 11 is 0. The van der Waals surface area contributed by atoms with E-state index in [4.69, 9.17) is 11.0 Å². The fraction of sp³-hybridized carbons (Fsp3) is 0.250. The zero-order valence-electron chi connectivity index (χ0n) is 8.41. The van der Waals surface area contributed by atoms with Crippen LogP contribution in [0.2, 0.25) is 0 Å². The minimum absolute atomic E-state index is 0.110. The van der Waals surface area contributed by atoms with Gasteiger partial charge in [-0.2, -0.15) is 5.26 Å². The van der Waals surface area contributed by atoms with Crippen molar-refractivity contribution in [2.75, 3.05) is 6.54 Å². The van der Waals surface area contributed by atoms with Crippen LogP contribution >= 0.6 is 0 Å². The molecule has 0 aromatic heterocycles. The monoisotopic (exact) mass is 204 g/mol. The summed E-state index contributed by atoms with van der Waals surface area (Å²) < 4.78 is 13.3. The summed E-state index contributed by atoms with van der Waals surface area (Å²) in [5.74, 6) is -0.327. The highest BCUT2D eigenvalue weighted by molar-refractivity contribution is 5.50. The summed E-state index contributed by atoms with van der Waals surface area (Å²) in [7, 11) is 0. The predicted molar refractivity (Wildman–Crippen MR) is 58.4 cm³/mol. The van der Waals surface area contributed by atoms with E-state index in [0.717, 1.165) is 12.0 Å². The highest BCUT2D eigenvalue weighted by Gasteiger charge is 2.00. The van der Waals surface area contributed by atoms with E-state index in [-0.39, 0.29) is 12.2 Å². The van der Waals surface area contributed by atoms with Gasteiger partial charge in [0.2, 0.25) is 0 Å². The number of benzene rings is 1. The molecule has 0 unspecified atom stereocenters. The Bertz CT molecular complexity index is 391. The van der Waals surface area contributed by atoms with Gasteiger partial charge in [-0.3, -0.25) is 0 Å². The molecule has 0 heterocycles. The van der Waals surface area contributed by atoms with Crippen molar-refractivity contribution in [3.8, 4) is 6.07 Å². The maximum absolute atomic E-state index is 13.3. The van der Waals surface area contributed by atoms with E-state index in [1.54, 1.807) is 12.1 Å². The molecular weight excluding hydrogens is 191 g/mol. The van der Waals surface area contributed by atoms with Gasteiger partial charge in [-0.15, -0.1) is 0 Å². The van der Waals surface area contributed by atoms with E-state index in [0.29, 0.717) is 12.1 Å². The number of nitrogens with two attached hydrogens (primary N) is 1. The molecule has 1 aromatic rings. The van der Waals surface area contributed by atoms with Gasteiger partial charge in [-0.05, 0) is 24.6 Å². The van der Waals surface area contributed by atoms with E-state index in [1.807, 2.05) is 18.2 Å². The van der Waals surface area contributed by atoms with E-state index >= 15 is 0 Å². The molecule has 0 aliphatic carbocycles. The Labute approximate surface area is 88.8 Å². The Morgan fingerprint density at radius 1 is 1.47 bits per heavy atom. The maximum atomic E-state index is 13.3. The quantitative estimate of drug-likeness (QED) is 0.817. The lowest BCUT2D eigenvalue weighted by molar-refractivity contribution is 0.615. The van der Waals surface area contributed by atoms with Gasteiger partial charge in [0.25, 0.3) is 0 Å². The van der Waals surface area contributed by atoms with Crippen molar-refractivity contribution >= 4 is 6.08 Å². The molecule has 0 bridgehead atoms. The van der Waals surface area contributed by atoms with Crippen LogP contribution in [-0.2, 0) is 6.42 Å². The second-order valence-corrected chi connectivity index (χ2v) is 3.17. The summed E-state index contributed by atoms with van der Waals surface area (Å²) in [6.07, 6.45) is 4.62. The molecule has 0 spiro atoms. The van der Waals surface area contributed by atoms with Crippen molar-refractivity contribution < 1.29 is 4.39 Å². The van der Waals surface area contributed by atoms with Crippen LogP contribution in [0.3, 0.4) is 0 Å². The lowest BCUT2D eigenvalue weighted by Crippen LogP contribution is -1.95. The lowest BCUT2D eigenvalue weighted by atomic mass is 10.1. The van der Waals surface area contributed by atoms with Crippen molar-refractivity contribution in [3.63, 3.8) is 0 Å². The first-order valence-corrected chi connectivity index (χ1v) is 4.80. The van der Waals surface area contributed by atoms with Crippen molar-refractivity contribution in [1.82, 2.24) is 0 Å². The largest absolute Gasteiger partial charge is 0.330 e. The van der Waals surface area contributed by atoms with E-state index in [9.17, 15) is 4.39 Å². The van der Waals surface area contributed by atoms with Crippen LogP contribution in [0.5, 0.6) is 0 Å². The predicted octanol–water partition coefficient (Wildman–Crippen LogP) is 2.25. The van der Waals surface area contributed by atoms with Crippen LogP contribution < -0.4 is 5.73 Å². The molecule has 78 valence electrons. The fourth-order valence-corrected chi connectivity index (χ4v) is 1.21. The standard InChI is InChI=1S/C12H13FN2/c13-12-9-10(3-1-2-7-14)4-5-11(12)6-8-15/h1,3-5,9H,2,6-7,14H2. The molecule has 0 radical (unpaired) electrons. The van der Waals surface area contributed by atoms with Crippen LogP contribution in [0.15, 0.2) is 24.3 Å². The molecule has 0 amide bonds. The van der Waals surface area contributed by atoms with Gasteiger partial charge < -0.3 is 5.73 Å². The first-order valence-electron chi connectivity index (χ1n) is 4.80. The highest BCUT2D eigenvalue weighted by atomic mass is 19.1. The Morgan fingerprint density at radius 2 is 2.27 bits per heavy atom. The second kappa shape index (κ2) is 5.94. The molecule has 0 atom stereocenters. The first kappa shape index (κ1) is 11.4. The smallest absolute Gasteiger partial charge is 0.128 e. The van der Waals surface area contributed by atoms with Crippen LogP contribution in [0.1, 0.15) is 17.5 Å². The molecule has 2 nitrogen and oxygen atoms in total. The molecule has 0 fully saturated rings. The van der Waals surface area contributed by atoms with Gasteiger partial charge >= 0.3 is 0 Å². The first-order chi connectivity index (χ1) is 7.27. The van der Waals surface area contributed by atoms with Crippen molar-refractivity contribution in [2.45, 2.75) is 12.8 Å². The van der Waals surface area contributed by atoms with Crippen LogP contribution in [-0.4, -0.2) is 6.54 Å². The highest BCUT2D eigenvalue weighted by Crippen LogP contribution is 2.12. The van der Waals surface area contributed by atoms with Gasteiger partial charge in [0.05, 0.1) is 12.5 Å². The summed E-state index contributed by atoms with van der Waals surface area (Å²) in [5, 5.41) is 8.44. The van der Waals surface area contributed by atoms with Gasteiger partial charge in [-0.25, -0.2) is 4.39 Å². The SMILES string of the molecule is N#CCc1ccc(C=CCCN)cc1F. The Hall–Kier alpha value is -1.66. The number of nitriles is 1. The van der Waals surface area contributed by atoms with Gasteiger partial charge in [-0.1, -0.05) is 24.3 Å². The molecular formula is C12H13FN2. The zero-order chi connectivity index (χ0) is 11.1. The lowest BCUT2D eigenvalue weighted by Gasteiger charge is -1.99. The third kappa shape index (κ3) is 3.53. The van der Waals surface area contributed by atoms with Crippen molar-refractivity contribution in [3.05, 3.63) is 41.2 Å². The summed E-state index contributed by atoms with van der Waals surface area (Å²) in [5.41, 5.74) is 6.56. The molecule has 0 saturated heterocycles. The minimum atomic E-state index is -0.327. The van der Waals surface area contributed by atoms with E-state index < -0.39 is 0 Å². The maximum Gasteiger partial charge on any atom is 0.128 e. The van der Waals surface area contributed by atoms with E-state index in [1.165, 1.54) is 6.07 Å². The number of hydrogen-bond acceptors (Lipinski definition) is 2. The van der Waals surface area contributed by atoms with Crippen molar-refractivity contribution in [2.24, 2.45) is 5.73 Å². The normalized spacial score (nSPS) is 10.5. The Kier molecular flexibility index (Phi) is 4.52. The molecule has 3 heteroatoms. The zero-order valence-corrected chi connectivity index (χ0v) is 8.41. The summed E-state index contributed by atoms with van der Waals surface area (Å²) in [6.45, 7) is 0.589. The fourth-order valence-electron chi connectivity index (χ4n) is 1.21. The van der Waals surface area contributed by atoms with Crippen LogP contribution in [0.25, 0.3) is 6.08 Å². The van der Waals surface area contributed by atoms with E-state index in [2.05, 4.69) is 0 Å². The molecule has 0 aliphatic heterocycles. The van der Waals surface area contributed by atoms with Gasteiger partial charge in [0, 0.05) is 5.56 Å². The number of hydrogen-bond donors (Lipinski definition) is 1. The van der Waals surface area contributed by atoms with Crippen LogP contribution in [0.4, 0.5) is 4.39 Å². The third-order valence-electron chi connectivity index (χ3n) is 1.99. The molecule has 15 heavy (non-hydrogen) atoms. The number of halogens is 1. The third-order valence-corrected chi connectivity index (χ3v) is 1.99. The molecule has 1 rings (SSSR count). The Morgan fingerprint density at radius 3 is 2.87 bits per heavy atom. The Balaban J connectivity index is 2.78. The number of rotatable bonds is 4. The summed E-state index contributed by atoms with van der Waals surface area (Å²) in [6, 6.07) is 6.79. The van der Waals surface area contributed by atoms with Gasteiger partial charge in [0.15, 0.2) is 0 Å². The average molecular weight is 204 g/mol.